The summed E-state index contributed by atoms with van der Waals surface area (Å²) in [6.07, 6.45) is 0.858. The van der Waals surface area contributed by atoms with Crippen LogP contribution in [0.5, 0.6) is 0 Å². The van der Waals surface area contributed by atoms with Gasteiger partial charge in [-0.05, 0) is 18.4 Å². The van der Waals surface area contributed by atoms with Crippen LogP contribution in [0.2, 0.25) is 0 Å². The molecule has 1 N–H and O–H groups in total. The number of hydrogen-bond acceptors (Lipinski definition) is 4. The van der Waals surface area contributed by atoms with Gasteiger partial charge in [-0.1, -0.05) is 6.92 Å². The summed E-state index contributed by atoms with van der Waals surface area (Å²) in [5, 5.41) is 7.41. The number of thiophene rings is 1. The fraction of sp³-hybridized carbons (Fsp3) is 0.333. The Morgan fingerprint density at radius 2 is 2.19 bits per heavy atom. The van der Waals surface area contributed by atoms with Gasteiger partial charge >= 0.3 is 0 Å². The maximum Gasteiger partial charge on any atom is 0.131 e. The molecular formula is C12H15N3S. The zero-order valence-electron chi connectivity index (χ0n) is 9.53. The van der Waals surface area contributed by atoms with Crippen LogP contribution < -0.4 is 5.32 Å². The Kier molecular flexibility index (Phi) is 3.51. The first-order valence-electron chi connectivity index (χ1n) is 5.48. The zero-order chi connectivity index (χ0) is 11.4. The summed E-state index contributed by atoms with van der Waals surface area (Å²) in [7, 11) is 0. The number of hydrogen-bond donors (Lipinski definition) is 1. The highest BCUT2D eigenvalue weighted by molar-refractivity contribution is 7.08. The second-order valence-electron chi connectivity index (χ2n) is 3.45. The maximum atomic E-state index is 4.53. The lowest BCUT2D eigenvalue weighted by Crippen LogP contribution is -2.03. The molecule has 0 spiro atoms. The summed E-state index contributed by atoms with van der Waals surface area (Å²) < 4.78 is 0. The summed E-state index contributed by atoms with van der Waals surface area (Å²) in [4.78, 5) is 8.96. The van der Waals surface area contributed by atoms with Gasteiger partial charge in [0, 0.05) is 30.0 Å². The van der Waals surface area contributed by atoms with E-state index in [9.17, 15) is 0 Å². The van der Waals surface area contributed by atoms with Crippen molar-refractivity contribution in [1.29, 1.82) is 0 Å². The molecule has 2 aromatic heterocycles. The number of nitrogens with one attached hydrogen (secondary N) is 1. The molecule has 0 amide bonds. The average Bonchev–Trinajstić information content (AvgIpc) is 2.82. The van der Waals surface area contributed by atoms with Crippen LogP contribution in [0.25, 0.3) is 11.3 Å². The molecule has 0 aliphatic heterocycles. The lowest BCUT2D eigenvalue weighted by atomic mass is 10.2. The topological polar surface area (TPSA) is 37.8 Å². The van der Waals surface area contributed by atoms with Gasteiger partial charge in [0.15, 0.2) is 0 Å². The molecule has 0 unspecified atom stereocenters. The van der Waals surface area contributed by atoms with E-state index in [1.165, 1.54) is 5.56 Å². The molecule has 2 heterocycles. The van der Waals surface area contributed by atoms with Crippen molar-refractivity contribution in [2.75, 3.05) is 11.9 Å². The van der Waals surface area contributed by atoms with Crippen molar-refractivity contribution >= 4 is 17.2 Å². The van der Waals surface area contributed by atoms with E-state index in [4.69, 9.17) is 0 Å². The van der Waals surface area contributed by atoms with Crippen LogP contribution in [-0.2, 0) is 6.42 Å². The third kappa shape index (κ3) is 2.39. The van der Waals surface area contributed by atoms with Crippen molar-refractivity contribution in [2.45, 2.75) is 20.3 Å². The summed E-state index contributed by atoms with van der Waals surface area (Å²) >= 11 is 1.69. The molecule has 0 aliphatic carbocycles. The van der Waals surface area contributed by atoms with Crippen molar-refractivity contribution in [3.63, 3.8) is 0 Å². The molecule has 0 fully saturated rings. The molecule has 84 valence electrons. The van der Waals surface area contributed by atoms with Crippen molar-refractivity contribution in [3.8, 4) is 11.3 Å². The Morgan fingerprint density at radius 3 is 2.81 bits per heavy atom. The van der Waals surface area contributed by atoms with Crippen LogP contribution in [0.3, 0.4) is 0 Å². The number of aryl methyl sites for hydroxylation is 1. The van der Waals surface area contributed by atoms with Gasteiger partial charge < -0.3 is 5.32 Å². The Hall–Kier alpha value is -1.42. The molecule has 2 rings (SSSR count). The van der Waals surface area contributed by atoms with Gasteiger partial charge in [-0.2, -0.15) is 11.3 Å². The fourth-order valence-electron chi connectivity index (χ4n) is 1.49. The third-order valence-corrected chi connectivity index (χ3v) is 2.95. The Bertz CT molecular complexity index is 451. The second-order valence-corrected chi connectivity index (χ2v) is 4.23. The van der Waals surface area contributed by atoms with E-state index in [-0.39, 0.29) is 0 Å². The predicted octanol–water partition coefficient (Wildman–Crippen LogP) is 3.20. The Labute approximate surface area is 99.6 Å². The molecule has 2 aromatic rings. The molecule has 0 radical (unpaired) electrons. The lowest BCUT2D eigenvalue weighted by Gasteiger charge is -2.06. The molecule has 0 aliphatic rings. The molecule has 0 atom stereocenters. The van der Waals surface area contributed by atoms with Gasteiger partial charge in [-0.3, -0.25) is 0 Å². The highest BCUT2D eigenvalue weighted by Gasteiger charge is 2.05. The average molecular weight is 233 g/mol. The van der Waals surface area contributed by atoms with Crippen LogP contribution in [0.1, 0.15) is 19.7 Å². The Balaban J connectivity index is 2.41. The molecule has 0 saturated carbocycles. The van der Waals surface area contributed by atoms with Crippen LogP contribution in [0.4, 0.5) is 5.82 Å². The van der Waals surface area contributed by atoms with E-state index in [2.05, 4.69) is 46.0 Å². The minimum absolute atomic E-state index is 0.858. The van der Waals surface area contributed by atoms with Gasteiger partial charge in [0.05, 0.1) is 5.69 Å². The number of nitrogens with zero attached hydrogens (tertiary/aromatic N) is 2. The SMILES string of the molecule is CCNc1cc(-c2ccsc2)nc(CC)n1. The highest BCUT2D eigenvalue weighted by Crippen LogP contribution is 2.22. The van der Waals surface area contributed by atoms with Crippen LogP contribution >= 0.6 is 11.3 Å². The summed E-state index contributed by atoms with van der Waals surface area (Å²) in [6, 6.07) is 4.09. The third-order valence-electron chi connectivity index (χ3n) is 2.26. The summed E-state index contributed by atoms with van der Waals surface area (Å²) in [5.41, 5.74) is 2.17. The Morgan fingerprint density at radius 1 is 1.31 bits per heavy atom. The van der Waals surface area contributed by atoms with Crippen LogP contribution in [-0.4, -0.2) is 16.5 Å². The first-order chi connectivity index (χ1) is 7.83. The summed E-state index contributed by atoms with van der Waals surface area (Å²) in [6.45, 7) is 5.02. The molecule has 4 heteroatoms. The molecule has 3 nitrogen and oxygen atoms in total. The highest BCUT2D eigenvalue weighted by atomic mass is 32.1. The van der Waals surface area contributed by atoms with E-state index < -0.39 is 0 Å². The van der Waals surface area contributed by atoms with Gasteiger partial charge in [0.2, 0.25) is 0 Å². The van der Waals surface area contributed by atoms with E-state index in [0.29, 0.717) is 0 Å². The first-order valence-corrected chi connectivity index (χ1v) is 6.42. The monoisotopic (exact) mass is 233 g/mol. The molecule has 0 saturated heterocycles. The minimum Gasteiger partial charge on any atom is -0.370 e. The number of anilines is 1. The minimum atomic E-state index is 0.858. The van der Waals surface area contributed by atoms with Crippen LogP contribution in [0, 0.1) is 0 Å². The van der Waals surface area contributed by atoms with E-state index >= 15 is 0 Å². The fourth-order valence-corrected chi connectivity index (χ4v) is 2.13. The van der Waals surface area contributed by atoms with Crippen molar-refractivity contribution in [1.82, 2.24) is 9.97 Å². The standard InChI is InChI=1S/C12H15N3S/c1-3-11-14-10(9-5-6-16-8-9)7-12(15-11)13-4-2/h5-8H,3-4H2,1-2H3,(H,13,14,15). The number of aromatic nitrogens is 2. The zero-order valence-corrected chi connectivity index (χ0v) is 10.3. The first kappa shape index (κ1) is 11.1. The van der Waals surface area contributed by atoms with Gasteiger partial charge in [-0.25, -0.2) is 9.97 Å². The molecule has 0 aromatic carbocycles. The molecule has 16 heavy (non-hydrogen) atoms. The molecular weight excluding hydrogens is 218 g/mol. The van der Waals surface area contributed by atoms with E-state index in [1.807, 2.05) is 6.07 Å². The number of rotatable bonds is 4. The normalized spacial score (nSPS) is 10.4. The summed E-state index contributed by atoms with van der Waals surface area (Å²) in [5.74, 6) is 1.80. The second kappa shape index (κ2) is 5.07. The van der Waals surface area contributed by atoms with Gasteiger partial charge in [0.1, 0.15) is 11.6 Å². The lowest BCUT2D eigenvalue weighted by molar-refractivity contribution is 0.940. The largest absolute Gasteiger partial charge is 0.370 e. The van der Waals surface area contributed by atoms with Gasteiger partial charge in [-0.15, -0.1) is 0 Å². The molecule has 0 bridgehead atoms. The van der Waals surface area contributed by atoms with Crippen molar-refractivity contribution < 1.29 is 0 Å². The van der Waals surface area contributed by atoms with E-state index in [1.54, 1.807) is 11.3 Å². The van der Waals surface area contributed by atoms with E-state index in [0.717, 1.165) is 30.3 Å². The smallest absolute Gasteiger partial charge is 0.131 e. The quantitative estimate of drug-likeness (QED) is 0.881. The van der Waals surface area contributed by atoms with Crippen molar-refractivity contribution in [3.05, 3.63) is 28.7 Å². The van der Waals surface area contributed by atoms with Crippen molar-refractivity contribution in [2.24, 2.45) is 0 Å². The predicted molar refractivity (Wildman–Crippen MR) is 68.9 cm³/mol. The van der Waals surface area contributed by atoms with Gasteiger partial charge in [0.25, 0.3) is 0 Å². The van der Waals surface area contributed by atoms with Crippen LogP contribution in [0.15, 0.2) is 22.9 Å². The maximum absolute atomic E-state index is 4.53.